The van der Waals surface area contributed by atoms with E-state index in [-0.39, 0.29) is 24.5 Å². The highest BCUT2D eigenvalue weighted by atomic mass is 16.5. The summed E-state index contributed by atoms with van der Waals surface area (Å²) in [5.41, 5.74) is 2.96. The minimum Gasteiger partial charge on any atom is -0.462 e. The number of hydrogen-bond acceptors (Lipinski definition) is 4. The summed E-state index contributed by atoms with van der Waals surface area (Å²) in [5.74, 6) is -0.660. The van der Waals surface area contributed by atoms with Crippen LogP contribution in [0.4, 0.5) is 16.2 Å². The van der Waals surface area contributed by atoms with Gasteiger partial charge in [-0.1, -0.05) is 31.0 Å². The molecule has 0 saturated carbocycles. The van der Waals surface area contributed by atoms with Gasteiger partial charge in [0.2, 0.25) is 5.91 Å². The quantitative estimate of drug-likeness (QED) is 0.531. The number of amides is 3. The molecular weight excluding hydrogens is 382 g/mol. The van der Waals surface area contributed by atoms with Crippen LogP contribution in [0.25, 0.3) is 0 Å². The topological polar surface area (TPSA) is 79.0 Å². The lowest BCUT2D eigenvalue weighted by atomic mass is 10.2. The number of aryl methyl sites for hydroxylation is 1. The highest BCUT2D eigenvalue weighted by molar-refractivity contribution is 5.99. The first-order valence-electron chi connectivity index (χ1n) is 10.2. The summed E-state index contributed by atoms with van der Waals surface area (Å²) >= 11 is 0. The van der Waals surface area contributed by atoms with Crippen molar-refractivity contribution in [1.82, 2.24) is 4.90 Å². The molecule has 3 amide bonds. The van der Waals surface area contributed by atoms with Gasteiger partial charge in [-0.3, -0.25) is 9.69 Å². The third kappa shape index (κ3) is 5.37. The Balaban J connectivity index is 1.51. The summed E-state index contributed by atoms with van der Waals surface area (Å²) in [6, 6.07) is 14.1. The van der Waals surface area contributed by atoms with E-state index < -0.39 is 0 Å². The van der Waals surface area contributed by atoms with Gasteiger partial charge in [-0.2, -0.15) is 0 Å². The van der Waals surface area contributed by atoms with Gasteiger partial charge in [0.05, 0.1) is 12.2 Å². The van der Waals surface area contributed by atoms with Gasteiger partial charge in [0.15, 0.2) is 0 Å². The zero-order valence-corrected chi connectivity index (χ0v) is 17.4. The van der Waals surface area contributed by atoms with Crippen molar-refractivity contribution in [3.63, 3.8) is 0 Å². The molecule has 0 unspecified atom stereocenters. The molecule has 1 fully saturated rings. The Morgan fingerprint density at radius 1 is 1.03 bits per heavy atom. The number of nitrogens with zero attached hydrogens (tertiary/aromatic N) is 2. The lowest BCUT2D eigenvalue weighted by Crippen LogP contribution is -2.37. The zero-order chi connectivity index (χ0) is 21.5. The SMILES string of the molecule is CCCCOC(=O)c1ccc(NC(=O)CN2CCN(c3ccc(C)cc3)C2=O)cc1. The second-order valence-corrected chi connectivity index (χ2v) is 7.31. The maximum atomic E-state index is 12.6. The van der Waals surface area contributed by atoms with Gasteiger partial charge < -0.3 is 15.0 Å². The third-order valence-corrected chi connectivity index (χ3v) is 4.91. The van der Waals surface area contributed by atoms with Gasteiger partial charge in [0, 0.05) is 24.5 Å². The van der Waals surface area contributed by atoms with Crippen molar-refractivity contribution >= 4 is 29.3 Å². The summed E-state index contributed by atoms with van der Waals surface area (Å²) in [6.07, 6.45) is 1.79. The van der Waals surface area contributed by atoms with Gasteiger partial charge in [0.1, 0.15) is 6.54 Å². The first-order chi connectivity index (χ1) is 14.5. The molecule has 0 atom stereocenters. The van der Waals surface area contributed by atoms with Crippen molar-refractivity contribution < 1.29 is 19.1 Å². The molecule has 0 spiro atoms. The molecule has 3 rings (SSSR count). The number of esters is 1. The minimum atomic E-state index is -0.375. The zero-order valence-electron chi connectivity index (χ0n) is 17.4. The maximum absolute atomic E-state index is 12.6. The van der Waals surface area contributed by atoms with E-state index in [4.69, 9.17) is 4.74 Å². The fraction of sp³-hybridized carbons (Fsp3) is 0.348. The van der Waals surface area contributed by atoms with E-state index in [0.717, 1.165) is 24.1 Å². The van der Waals surface area contributed by atoms with E-state index in [1.54, 1.807) is 29.2 Å². The van der Waals surface area contributed by atoms with Crippen molar-refractivity contribution in [2.24, 2.45) is 0 Å². The summed E-state index contributed by atoms with van der Waals surface area (Å²) in [7, 11) is 0. The van der Waals surface area contributed by atoms with E-state index in [1.807, 2.05) is 38.1 Å². The molecule has 2 aromatic carbocycles. The molecule has 1 saturated heterocycles. The first-order valence-corrected chi connectivity index (χ1v) is 10.2. The van der Waals surface area contributed by atoms with Crippen LogP contribution in [-0.4, -0.2) is 49.0 Å². The van der Waals surface area contributed by atoms with Crippen LogP contribution < -0.4 is 10.2 Å². The fourth-order valence-corrected chi connectivity index (χ4v) is 3.15. The average Bonchev–Trinajstić information content (AvgIpc) is 3.09. The Bertz CT molecular complexity index is 894. The molecular formula is C23H27N3O4. The van der Waals surface area contributed by atoms with E-state index >= 15 is 0 Å². The highest BCUT2D eigenvalue weighted by Gasteiger charge is 2.30. The Labute approximate surface area is 176 Å². The fourth-order valence-electron chi connectivity index (χ4n) is 3.15. The second-order valence-electron chi connectivity index (χ2n) is 7.31. The van der Waals surface area contributed by atoms with Gasteiger partial charge >= 0.3 is 12.0 Å². The first kappa shape index (κ1) is 21.4. The number of benzene rings is 2. The van der Waals surface area contributed by atoms with Crippen molar-refractivity contribution in [3.8, 4) is 0 Å². The van der Waals surface area contributed by atoms with Crippen LogP contribution in [0.5, 0.6) is 0 Å². The number of unbranched alkanes of at least 4 members (excludes halogenated alkanes) is 1. The van der Waals surface area contributed by atoms with E-state index in [1.165, 1.54) is 4.90 Å². The lowest BCUT2D eigenvalue weighted by molar-refractivity contribution is -0.116. The number of carbonyl (C=O) groups excluding carboxylic acids is 3. The molecule has 1 heterocycles. The average molecular weight is 409 g/mol. The van der Waals surface area contributed by atoms with Crippen molar-refractivity contribution in [1.29, 1.82) is 0 Å². The standard InChI is InChI=1S/C23H27N3O4/c1-3-4-15-30-22(28)18-7-9-19(10-8-18)24-21(27)16-25-13-14-26(23(25)29)20-11-5-17(2)6-12-20/h5-12H,3-4,13-16H2,1-2H3,(H,24,27). The van der Waals surface area contributed by atoms with Crippen LogP contribution in [0.1, 0.15) is 35.7 Å². The number of carbonyl (C=O) groups is 3. The molecule has 7 heteroatoms. The van der Waals surface area contributed by atoms with Gasteiger partial charge in [-0.25, -0.2) is 9.59 Å². The maximum Gasteiger partial charge on any atom is 0.338 e. The largest absolute Gasteiger partial charge is 0.462 e. The van der Waals surface area contributed by atoms with E-state index in [0.29, 0.717) is 30.9 Å². The number of nitrogens with one attached hydrogen (secondary N) is 1. The van der Waals surface area contributed by atoms with Crippen LogP contribution in [0, 0.1) is 6.92 Å². The van der Waals surface area contributed by atoms with Gasteiger partial charge in [0.25, 0.3) is 0 Å². The molecule has 1 N–H and O–H groups in total. The molecule has 0 aliphatic carbocycles. The van der Waals surface area contributed by atoms with Crippen molar-refractivity contribution in [2.45, 2.75) is 26.7 Å². The monoisotopic (exact) mass is 409 g/mol. The number of urea groups is 1. The Morgan fingerprint density at radius 3 is 2.40 bits per heavy atom. The van der Waals surface area contributed by atoms with Crippen molar-refractivity contribution in [2.75, 3.05) is 36.5 Å². The molecule has 0 radical (unpaired) electrons. The van der Waals surface area contributed by atoms with Crippen LogP contribution in [-0.2, 0) is 9.53 Å². The molecule has 2 aromatic rings. The highest BCUT2D eigenvalue weighted by Crippen LogP contribution is 2.21. The van der Waals surface area contributed by atoms with Crippen LogP contribution in [0.3, 0.4) is 0 Å². The van der Waals surface area contributed by atoms with Crippen LogP contribution in [0.15, 0.2) is 48.5 Å². The minimum absolute atomic E-state index is 0.0258. The lowest BCUT2D eigenvalue weighted by Gasteiger charge is -2.18. The molecule has 7 nitrogen and oxygen atoms in total. The van der Waals surface area contributed by atoms with E-state index in [9.17, 15) is 14.4 Å². The molecule has 158 valence electrons. The molecule has 0 aromatic heterocycles. The Hall–Kier alpha value is -3.35. The summed E-state index contributed by atoms with van der Waals surface area (Å²) in [4.78, 5) is 40.1. The number of hydrogen-bond donors (Lipinski definition) is 1. The summed E-state index contributed by atoms with van der Waals surface area (Å²) < 4.78 is 5.17. The van der Waals surface area contributed by atoms with E-state index in [2.05, 4.69) is 5.32 Å². The van der Waals surface area contributed by atoms with Crippen molar-refractivity contribution in [3.05, 3.63) is 59.7 Å². The Morgan fingerprint density at radius 2 is 1.73 bits per heavy atom. The molecule has 30 heavy (non-hydrogen) atoms. The molecule has 1 aliphatic heterocycles. The predicted octanol–water partition coefficient (Wildman–Crippen LogP) is 3.83. The molecule has 0 bridgehead atoms. The number of ether oxygens (including phenoxy) is 1. The molecule has 1 aliphatic rings. The Kier molecular flexibility index (Phi) is 7.06. The van der Waals surface area contributed by atoms with Crippen LogP contribution >= 0.6 is 0 Å². The van der Waals surface area contributed by atoms with Gasteiger partial charge in [-0.05, 0) is 49.7 Å². The van der Waals surface area contributed by atoms with Gasteiger partial charge in [-0.15, -0.1) is 0 Å². The normalized spacial score (nSPS) is 13.5. The smallest absolute Gasteiger partial charge is 0.338 e. The number of anilines is 2. The second kappa shape index (κ2) is 9.91. The summed E-state index contributed by atoms with van der Waals surface area (Å²) in [6.45, 7) is 5.43. The predicted molar refractivity (Wildman–Crippen MR) is 116 cm³/mol. The van der Waals surface area contributed by atoms with Crippen LogP contribution in [0.2, 0.25) is 0 Å². The number of rotatable bonds is 8. The third-order valence-electron chi connectivity index (χ3n) is 4.91. The summed E-state index contributed by atoms with van der Waals surface area (Å²) in [5, 5.41) is 2.77.